The van der Waals surface area contributed by atoms with Crippen molar-refractivity contribution >= 4 is 56.5 Å². The molecule has 4 fully saturated rings. The Morgan fingerprint density at radius 3 is 2.28 bits per heavy atom. The van der Waals surface area contributed by atoms with Gasteiger partial charge in [0, 0.05) is 32.8 Å². The summed E-state index contributed by atoms with van der Waals surface area (Å²) in [5, 5.41) is 11.6. The Morgan fingerprint density at radius 1 is 0.828 bits per heavy atom. The molecule has 9 atom stereocenters. The van der Waals surface area contributed by atoms with E-state index in [9.17, 15) is 9.59 Å². The SMILES string of the molecule is C=C(C)[C@@H]1CC[C@]2(N(CC(=O)c3ccsc3)c3nc(-c4ccsc4)cs3)CC[C@]3(C)[C@H](CC[C@@H]4[C@@]5(C)CC=C(c6ccc(C(=O)OC)cc6)C(C)(C)[C@@H]5CC[C@]43C)[C@@H]12. The second-order valence-electron chi connectivity index (χ2n) is 20.0. The number of ketones is 1. The maximum atomic E-state index is 14.2. The first kappa shape index (κ1) is 40.1. The van der Waals surface area contributed by atoms with Crippen LogP contribution >= 0.6 is 34.0 Å². The first-order valence-electron chi connectivity index (χ1n) is 21.5. The summed E-state index contributed by atoms with van der Waals surface area (Å²) in [6.07, 6.45) is 13.1. The van der Waals surface area contributed by atoms with Crippen LogP contribution in [-0.4, -0.2) is 35.9 Å². The average Bonchev–Trinajstić information content (AvgIpc) is 4.04. The Morgan fingerprint density at radius 2 is 1.59 bits per heavy atom. The van der Waals surface area contributed by atoms with E-state index < -0.39 is 0 Å². The van der Waals surface area contributed by atoms with Crippen LogP contribution in [0.3, 0.4) is 0 Å². The molecular weight excluding hydrogens is 773 g/mol. The number of carbonyl (C=O) groups is 2. The lowest BCUT2D eigenvalue weighted by atomic mass is 9.33. The molecule has 5 aliphatic rings. The van der Waals surface area contributed by atoms with Gasteiger partial charge in [-0.2, -0.15) is 22.7 Å². The van der Waals surface area contributed by atoms with Gasteiger partial charge in [0.15, 0.2) is 10.9 Å². The topological polar surface area (TPSA) is 59.5 Å². The molecule has 3 heterocycles. The number of hydrogen-bond donors (Lipinski definition) is 0. The molecule has 0 saturated heterocycles. The van der Waals surface area contributed by atoms with Crippen molar-refractivity contribution in [2.45, 2.75) is 105 Å². The lowest BCUT2D eigenvalue weighted by Crippen LogP contribution is -2.68. The summed E-state index contributed by atoms with van der Waals surface area (Å²) in [4.78, 5) is 34.4. The van der Waals surface area contributed by atoms with Crippen molar-refractivity contribution in [3.8, 4) is 11.3 Å². The molecule has 0 aliphatic heterocycles. The van der Waals surface area contributed by atoms with Crippen molar-refractivity contribution < 1.29 is 14.3 Å². The molecule has 4 saturated carbocycles. The smallest absolute Gasteiger partial charge is 0.337 e. The molecule has 0 N–H and O–H groups in total. The van der Waals surface area contributed by atoms with Gasteiger partial charge in [-0.25, -0.2) is 9.78 Å². The molecule has 0 bridgehead atoms. The Hall–Kier alpha value is -3.33. The highest BCUT2D eigenvalue weighted by atomic mass is 32.1. The standard InChI is InChI=1S/C50H60N2O3S3/c1-31(2)36-15-22-50(52(27-40(53)35-19-26-57-29-35)45-51-39(30-58-45)34-18-25-56-28-34)24-23-48(6)38(43(36)50)13-14-42-47(5)20-16-37(32-9-11-33(12-10-32)44(54)55-8)46(3,4)41(47)17-21-49(42,48)7/h9-12,16,18-19,25-26,28-30,36,38,41-43H,1,13-15,17,20-24,27H2,2-8H3/t36-,38+,41-,42+,43+,47-,48+,49+,50-/m0/s1. The third-order valence-electron chi connectivity index (χ3n) is 17.4. The summed E-state index contributed by atoms with van der Waals surface area (Å²) in [5.41, 5.74) is 7.96. The molecule has 0 unspecified atom stereocenters. The Kier molecular flexibility index (Phi) is 9.96. The van der Waals surface area contributed by atoms with E-state index in [1.807, 2.05) is 29.0 Å². The van der Waals surface area contributed by atoms with Crippen LogP contribution in [0.25, 0.3) is 16.8 Å². The van der Waals surface area contributed by atoms with Crippen LogP contribution < -0.4 is 4.90 Å². The fourth-order valence-corrected chi connectivity index (χ4v) is 16.8. The van der Waals surface area contributed by atoms with E-state index in [1.54, 1.807) is 34.0 Å². The van der Waals surface area contributed by atoms with Crippen LogP contribution in [0.15, 0.2) is 81.5 Å². The third kappa shape index (κ3) is 5.88. The van der Waals surface area contributed by atoms with Crippen LogP contribution in [0, 0.1) is 51.2 Å². The van der Waals surface area contributed by atoms with Crippen molar-refractivity contribution in [3.05, 3.63) is 98.2 Å². The summed E-state index contributed by atoms with van der Waals surface area (Å²) in [6.45, 7) is 20.4. The molecule has 3 aromatic heterocycles. The molecule has 1 aromatic carbocycles. The summed E-state index contributed by atoms with van der Waals surface area (Å²) >= 11 is 5.03. The number of methoxy groups -OCH3 is 1. The molecule has 5 aliphatic carbocycles. The summed E-state index contributed by atoms with van der Waals surface area (Å²) in [7, 11) is 1.44. The lowest BCUT2D eigenvalue weighted by Gasteiger charge is -2.73. The van der Waals surface area contributed by atoms with Gasteiger partial charge >= 0.3 is 5.97 Å². The zero-order valence-electron chi connectivity index (χ0n) is 35.4. The zero-order valence-corrected chi connectivity index (χ0v) is 37.9. The number of benzene rings is 1. The Balaban J connectivity index is 1.08. The molecule has 0 radical (unpaired) electrons. The Labute approximate surface area is 358 Å². The maximum Gasteiger partial charge on any atom is 0.337 e. The van der Waals surface area contributed by atoms with Crippen molar-refractivity contribution in [2.75, 3.05) is 18.6 Å². The molecule has 306 valence electrons. The summed E-state index contributed by atoms with van der Waals surface area (Å²) in [5.74, 6) is 2.48. The molecule has 9 rings (SSSR count). The highest BCUT2D eigenvalue weighted by Crippen LogP contribution is 2.77. The molecule has 58 heavy (non-hydrogen) atoms. The molecule has 8 heteroatoms. The van der Waals surface area contributed by atoms with Crippen LogP contribution in [0.4, 0.5) is 5.13 Å². The van der Waals surface area contributed by atoms with Gasteiger partial charge in [0.05, 0.1) is 24.9 Å². The van der Waals surface area contributed by atoms with E-state index in [-0.39, 0.29) is 39.0 Å². The summed E-state index contributed by atoms with van der Waals surface area (Å²) in [6, 6.07) is 12.3. The van der Waals surface area contributed by atoms with E-state index in [2.05, 4.69) is 86.9 Å². The van der Waals surface area contributed by atoms with Gasteiger partial charge in [-0.3, -0.25) is 4.79 Å². The second-order valence-corrected chi connectivity index (χ2v) is 22.3. The van der Waals surface area contributed by atoms with Crippen molar-refractivity contribution in [1.82, 2.24) is 4.98 Å². The van der Waals surface area contributed by atoms with Crippen LogP contribution in [-0.2, 0) is 4.74 Å². The normalized spacial score (nSPS) is 34.8. The van der Waals surface area contributed by atoms with Crippen LogP contribution in [0.2, 0.25) is 0 Å². The number of Topliss-reactive ketones (excluding diaryl/α,β-unsaturated/α-hetero) is 1. The Bertz CT molecular complexity index is 2240. The number of aromatic nitrogens is 1. The number of rotatable bonds is 9. The number of ether oxygens (including phenoxy) is 1. The number of carbonyl (C=O) groups excluding carboxylic acids is 2. The lowest BCUT2D eigenvalue weighted by molar-refractivity contribution is -0.217. The predicted molar refractivity (Wildman–Crippen MR) is 242 cm³/mol. The fraction of sp³-hybridized carbons (Fsp3) is 0.540. The monoisotopic (exact) mass is 832 g/mol. The minimum atomic E-state index is -0.287. The van der Waals surface area contributed by atoms with Crippen molar-refractivity contribution in [3.63, 3.8) is 0 Å². The number of nitrogens with zero attached hydrogens (tertiary/aromatic N) is 2. The van der Waals surface area contributed by atoms with Gasteiger partial charge in [-0.15, -0.1) is 11.3 Å². The molecule has 0 spiro atoms. The molecule has 0 amide bonds. The van der Waals surface area contributed by atoms with E-state index >= 15 is 0 Å². The van der Waals surface area contributed by atoms with Crippen molar-refractivity contribution in [1.29, 1.82) is 0 Å². The fourth-order valence-electron chi connectivity index (χ4n) is 14.6. The number of fused-ring (bicyclic) bond motifs is 7. The number of thiazole rings is 1. The van der Waals surface area contributed by atoms with E-state index in [0.717, 1.165) is 47.6 Å². The first-order chi connectivity index (χ1) is 27.7. The number of allylic oxidation sites excluding steroid dienone is 3. The van der Waals surface area contributed by atoms with E-state index in [0.29, 0.717) is 41.7 Å². The number of anilines is 1. The van der Waals surface area contributed by atoms with E-state index in [1.165, 1.54) is 55.9 Å². The average molecular weight is 833 g/mol. The third-order valence-corrected chi connectivity index (χ3v) is 19.7. The minimum Gasteiger partial charge on any atom is -0.465 e. The quantitative estimate of drug-likeness (QED) is 0.0955. The zero-order chi connectivity index (χ0) is 40.8. The summed E-state index contributed by atoms with van der Waals surface area (Å²) < 4.78 is 5.00. The van der Waals surface area contributed by atoms with Gasteiger partial charge in [-0.1, -0.05) is 65.0 Å². The van der Waals surface area contributed by atoms with Gasteiger partial charge in [0.25, 0.3) is 0 Å². The highest BCUT2D eigenvalue weighted by Gasteiger charge is 2.71. The first-order valence-corrected chi connectivity index (χ1v) is 24.3. The molecule has 4 aromatic rings. The molecule has 5 nitrogen and oxygen atoms in total. The number of hydrogen-bond acceptors (Lipinski definition) is 8. The van der Waals surface area contributed by atoms with Crippen molar-refractivity contribution in [2.24, 2.45) is 51.2 Å². The van der Waals surface area contributed by atoms with E-state index in [4.69, 9.17) is 16.3 Å². The van der Waals surface area contributed by atoms with Gasteiger partial charge < -0.3 is 9.64 Å². The number of esters is 1. The van der Waals surface area contributed by atoms with Gasteiger partial charge in [-0.05, 0) is 162 Å². The predicted octanol–water partition coefficient (Wildman–Crippen LogP) is 13.5. The van der Waals surface area contributed by atoms with Gasteiger partial charge in [0.1, 0.15) is 0 Å². The van der Waals surface area contributed by atoms with Crippen LogP contribution in [0.5, 0.6) is 0 Å². The molecular formula is C50H60N2O3S3. The minimum absolute atomic E-state index is 0.00214. The highest BCUT2D eigenvalue weighted by molar-refractivity contribution is 7.14. The van der Waals surface area contributed by atoms with Crippen LogP contribution in [0.1, 0.15) is 126 Å². The largest absolute Gasteiger partial charge is 0.465 e. The van der Waals surface area contributed by atoms with Gasteiger partial charge in [0.2, 0.25) is 0 Å². The maximum absolute atomic E-state index is 14.2. The number of thiophene rings is 2. The second kappa shape index (κ2) is 14.4.